The summed E-state index contributed by atoms with van der Waals surface area (Å²) in [5.41, 5.74) is 1.42. The number of aliphatic carboxylic acids is 1. The van der Waals surface area contributed by atoms with Crippen molar-refractivity contribution in [3.8, 4) is 11.4 Å². The number of aryl methyl sites for hydroxylation is 1. The predicted molar refractivity (Wildman–Crippen MR) is 94.0 cm³/mol. The number of carboxylic acids is 1. The van der Waals surface area contributed by atoms with Gasteiger partial charge in [-0.15, -0.1) is 10.2 Å². The molecule has 1 aliphatic rings. The van der Waals surface area contributed by atoms with Crippen LogP contribution >= 0.6 is 0 Å². The fourth-order valence-corrected chi connectivity index (χ4v) is 3.28. The van der Waals surface area contributed by atoms with Crippen molar-refractivity contribution in [3.63, 3.8) is 0 Å². The van der Waals surface area contributed by atoms with Gasteiger partial charge in [-0.2, -0.15) is 4.80 Å². The first-order valence-electron chi connectivity index (χ1n) is 8.35. The highest BCUT2D eigenvalue weighted by atomic mass is 16.4. The van der Waals surface area contributed by atoms with E-state index in [-0.39, 0.29) is 19.4 Å². The van der Waals surface area contributed by atoms with Gasteiger partial charge >= 0.3 is 5.97 Å². The van der Waals surface area contributed by atoms with E-state index in [1.54, 1.807) is 25.2 Å². The van der Waals surface area contributed by atoms with Crippen LogP contribution in [-0.4, -0.2) is 54.5 Å². The lowest BCUT2D eigenvalue weighted by Crippen LogP contribution is -2.41. The van der Waals surface area contributed by atoms with Gasteiger partial charge in [0.1, 0.15) is 0 Å². The van der Waals surface area contributed by atoms with Gasteiger partial charge in [0.2, 0.25) is 5.82 Å². The number of carbonyl (C=O) groups excluding carboxylic acids is 2. The lowest BCUT2D eigenvalue weighted by Gasteiger charge is -2.27. The molecule has 0 radical (unpaired) electrons. The fraction of sp³-hybridized carbons (Fsp3) is 0.222. The van der Waals surface area contributed by atoms with E-state index < -0.39 is 17.8 Å². The molecule has 2 amide bonds. The Morgan fingerprint density at radius 2 is 1.93 bits per heavy atom. The van der Waals surface area contributed by atoms with Crippen molar-refractivity contribution >= 4 is 28.6 Å². The number of benzene rings is 2. The maximum absolute atomic E-state index is 13.0. The van der Waals surface area contributed by atoms with Crippen LogP contribution in [0.1, 0.15) is 33.6 Å². The number of nitrogens with zero attached hydrogens (tertiary/aromatic N) is 5. The molecule has 1 N–H and O–H groups in total. The number of imide groups is 1. The molecule has 2 aromatic carbocycles. The number of rotatable bonds is 5. The number of tetrazole rings is 1. The molecule has 136 valence electrons. The van der Waals surface area contributed by atoms with Gasteiger partial charge in [-0.05, 0) is 35.2 Å². The first-order chi connectivity index (χ1) is 13.0. The minimum absolute atomic E-state index is 0.0490. The van der Waals surface area contributed by atoms with Crippen LogP contribution in [-0.2, 0) is 11.8 Å². The molecular formula is C18H15N5O4. The second-order valence-electron chi connectivity index (χ2n) is 6.29. The van der Waals surface area contributed by atoms with Crippen LogP contribution in [0.4, 0.5) is 0 Å². The lowest BCUT2D eigenvalue weighted by molar-refractivity contribution is -0.137. The van der Waals surface area contributed by atoms with E-state index in [1.807, 2.05) is 12.1 Å². The Labute approximate surface area is 153 Å². The van der Waals surface area contributed by atoms with Crippen molar-refractivity contribution in [2.24, 2.45) is 7.05 Å². The third kappa shape index (κ3) is 2.82. The number of hydrogen-bond acceptors (Lipinski definition) is 6. The summed E-state index contributed by atoms with van der Waals surface area (Å²) in [5, 5.41) is 22.1. The third-order valence-corrected chi connectivity index (χ3v) is 4.47. The molecule has 0 atom stereocenters. The number of hydrogen-bond donors (Lipinski definition) is 1. The van der Waals surface area contributed by atoms with Gasteiger partial charge in [0, 0.05) is 35.0 Å². The van der Waals surface area contributed by atoms with Crippen molar-refractivity contribution in [1.29, 1.82) is 0 Å². The van der Waals surface area contributed by atoms with Crippen LogP contribution < -0.4 is 0 Å². The molecule has 4 rings (SSSR count). The third-order valence-electron chi connectivity index (χ3n) is 4.47. The zero-order valence-electron chi connectivity index (χ0n) is 14.4. The molecule has 0 saturated carbocycles. The quantitative estimate of drug-likeness (QED) is 0.681. The average molecular weight is 365 g/mol. The van der Waals surface area contributed by atoms with Crippen LogP contribution in [0.3, 0.4) is 0 Å². The summed E-state index contributed by atoms with van der Waals surface area (Å²) < 4.78 is 0. The number of amides is 2. The highest BCUT2D eigenvalue weighted by Gasteiger charge is 2.33. The zero-order chi connectivity index (χ0) is 19.1. The first-order valence-corrected chi connectivity index (χ1v) is 8.35. The summed E-state index contributed by atoms with van der Waals surface area (Å²) >= 11 is 0. The van der Waals surface area contributed by atoms with E-state index >= 15 is 0 Å². The average Bonchev–Trinajstić information content (AvgIpc) is 3.08. The topological polar surface area (TPSA) is 118 Å². The molecule has 0 spiro atoms. The Bertz CT molecular complexity index is 1100. The van der Waals surface area contributed by atoms with E-state index in [4.69, 9.17) is 5.11 Å². The van der Waals surface area contributed by atoms with Gasteiger partial charge in [0.15, 0.2) is 0 Å². The molecule has 1 aromatic heterocycles. The van der Waals surface area contributed by atoms with Crippen LogP contribution in [0.5, 0.6) is 0 Å². The molecule has 3 aromatic rings. The molecule has 0 saturated heterocycles. The Morgan fingerprint density at radius 1 is 1.15 bits per heavy atom. The van der Waals surface area contributed by atoms with E-state index in [1.165, 1.54) is 4.80 Å². The summed E-state index contributed by atoms with van der Waals surface area (Å²) in [5.74, 6) is -1.44. The molecule has 27 heavy (non-hydrogen) atoms. The fourth-order valence-electron chi connectivity index (χ4n) is 3.28. The van der Waals surface area contributed by atoms with Crippen LogP contribution in [0.25, 0.3) is 22.2 Å². The van der Waals surface area contributed by atoms with Gasteiger partial charge in [-0.25, -0.2) is 0 Å². The Morgan fingerprint density at radius 3 is 2.63 bits per heavy atom. The number of carboxylic acid groups (broad SMARTS) is 1. The Balaban J connectivity index is 1.82. The molecule has 0 bridgehead atoms. The summed E-state index contributed by atoms with van der Waals surface area (Å²) in [6.07, 6.45) is 0.0845. The summed E-state index contributed by atoms with van der Waals surface area (Å²) in [4.78, 5) is 38.9. The van der Waals surface area contributed by atoms with Crippen molar-refractivity contribution in [1.82, 2.24) is 25.1 Å². The van der Waals surface area contributed by atoms with E-state index in [2.05, 4.69) is 15.4 Å². The zero-order valence-corrected chi connectivity index (χ0v) is 14.4. The largest absolute Gasteiger partial charge is 0.481 e. The SMILES string of the molecule is Cn1nnc(-c2cc3c4c(cccc4c2)C(=O)N(CCCC(=O)O)C3=O)n1. The Hall–Kier alpha value is -3.62. The number of carbonyl (C=O) groups is 3. The minimum atomic E-state index is -0.967. The van der Waals surface area contributed by atoms with E-state index in [9.17, 15) is 14.4 Å². The number of aromatic nitrogens is 4. The molecule has 0 fully saturated rings. The van der Waals surface area contributed by atoms with Gasteiger partial charge in [-0.3, -0.25) is 19.3 Å². The highest BCUT2D eigenvalue weighted by Crippen LogP contribution is 2.33. The standard InChI is InChI=1S/C18H15N5O4/c1-22-20-16(19-21-22)11-8-10-4-2-5-12-15(10)13(9-11)18(27)23(17(12)26)7-3-6-14(24)25/h2,4-5,8-9H,3,6-7H2,1H3,(H,24,25). The van der Waals surface area contributed by atoms with E-state index in [0.717, 1.165) is 10.3 Å². The maximum Gasteiger partial charge on any atom is 0.303 e. The molecule has 1 aliphatic heterocycles. The minimum Gasteiger partial charge on any atom is -0.481 e. The van der Waals surface area contributed by atoms with Crippen molar-refractivity contribution in [2.75, 3.05) is 6.54 Å². The van der Waals surface area contributed by atoms with Crippen LogP contribution in [0.2, 0.25) is 0 Å². The second-order valence-corrected chi connectivity index (χ2v) is 6.29. The smallest absolute Gasteiger partial charge is 0.303 e. The monoisotopic (exact) mass is 365 g/mol. The van der Waals surface area contributed by atoms with Crippen molar-refractivity contribution in [3.05, 3.63) is 41.5 Å². The predicted octanol–water partition coefficient (Wildman–Crippen LogP) is 1.49. The summed E-state index contributed by atoms with van der Waals surface area (Å²) in [7, 11) is 1.65. The molecule has 9 nitrogen and oxygen atoms in total. The lowest BCUT2D eigenvalue weighted by atomic mass is 9.92. The normalized spacial score (nSPS) is 13.4. The van der Waals surface area contributed by atoms with Gasteiger partial charge in [0.25, 0.3) is 11.8 Å². The summed E-state index contributed by atoms with van der Waals surface area (Å²) in [6, 6.07) is 8.72. The van der Waals surface area contributed by atoms with Crippen LogP contribution in [0, 0.1) is 0 Å². The summed E-state index contributed by atoms with van der Waals surface area (Å²) in [6.45, 7) is 0.0490. The van der Waals surface area contributed by atoms with Gasteiger partial charge in [0.05, 0.1) is 7.05 Å². The van der Waals surface area contributed by atoms with Crippen LogP contribution in [0.15, 0.2) is 30.3 Å². The second kappa shape index (κ2) is 6.27. The van der Waals surface area contributed by atoms with Crippen molar-refractivity contribution in [2.45, 2.75) is 12.8 Å². The molecule has 9 heteroatoms. The first kappa shape index (κ1) is 16.8. The maximum atomic E-state index is 13.0. The molecule has 0 aliphatic carbocycles. The molecule has 2 heterocycles. The Kier molecular flexibility index (Phi) is 3.91. The molecular weight excluding hydrogens is 350 g/mol. The van der Waals surface area contributed by atoms with E-state index in [0.29, 0.717) is 27.9 Å². The molecule has 0 unspecified atom stereocenters. The van der Waals surface area contributed by atoms with Crippen molar-refractivity contribution < 1.29 is 19.5 Å². The van der Waals surface area contributed by atoms with Gasteiger partial charge < -0.3 is 5.11 Å². The highest BCUT2D eigenvalue weighted by molar-refractivity contribution is 6.26. The van der Waals surface area contributed by atoms with Gasteiger partial charge in [-0.1, -0.05) is 12.1 Å².